The zero-order valence-electron chi connectivity index (χ0n) is 11.2. The van der Waals surface area contributed by atoms with Crippen molar-refractivity contribution in [3.05, 3.63) is 35.9 Å². The topological polar surface area (TPSA) is 15.3 Å². The van der Waals surface area contributed by atoms with E-state index in [2.05, 4.69) is 61.3 Å². The lowest BCUT2D eigenvalue weighted by Crippen LogP contribution is -2.56. The van der Waals surface area contributed by atoms with E-state index in [1.165, 1.54) is 5.56 Å². The van der Waals surface area contributed by atoms with E-state index in [-0.39, 0.29) is 0 Å². The van der Waals surface area contributed by atoms with Crippen molar-refractivity contribution in [2.45, 2.75) is 39.4 Å². The highest BCUT2D eigenvalue weighted by Crippen LogP contribution is 2.18. The molecule has 2 rings (SSSR count). The summed E-state index contributed by atoms with van der Waals surface area (Å²) in [5.74, 6) is 0.707. The standard InChI is InChI=1S/C15H24N2/c1-12(2)15-9-16-13(3)10-17(15)11-14-7-5-4-6-8-14/h4-8,12-13,15-16H,9-11H2,1-3H3/t13-,15+/m0/s1. The fraction of sp³-hybridized carbons (Fsp3) is 0.600. The Morgan fingerprint density at radius 3 is 2.65 bits per heavy atom. The summed E-state index contributed by atoms with van der Waals surface area (Å²) in [7, 11) is 0. The molecule has 2 heteroatoms. The number of nitrogens with zero attached hydrogens (tertiary/aromatic N) is 1. The summed E-state index contributed by atoms with van der Waals surface area (Å²) >= 11 is 0. The van der Waals surface area contributed by atoms with Crippen LogP contribution in [0, 0.1) is 5.92 Å². The summed E-state index contributed by atoms with van der Waals surface area (Å²) in [4.78, 5) is 2.63. The third-order valence-electron chi connectivity index (χ3n) is 3.65. The Labute approximate surface area is 105 Å². The second-order valence-corrected chi connectivity index (χ2v) is 5.54. The van der Waals surface area contributed by atoms with E-state index in [0.29, 0.717) is 18.0 Å². The van der Waals surface area contributed by atoms with Crippen LogP contribution in [0.2, 0.25) is 0 Å². The minimum Gasteiger partial charge on any atom is -0.311 e. The molecule has 0 aromatic heterocycles. The highest BCUT2D eigenvalue weighted by Gasteiger charge is 2.27. The summed E-state index contributed by atoms with van der Waals surface area (Å²) < 4.78 is 0. The van der Waals surface area contributed by atoms with E-state index in [1.807, 2.05) is 0 Å². The normalized spacial score (nSPS) is 26.4. The van der Waals surface area contributed by atoms with Gasteiger partial charge in [0.1, 0.15) is 0 Å². The average molecular weight is 232 g/mol. The number of rotatable bonds is 3. The van der Waals surface area contributed by atoms with Gasteiger partial charge in [0.15, 0.2) is 0 Å². The van der Waals surface area contributed by atoms with E-state index in [4.69, 9.17) is 0 Å². The van der Waals surface area contributed by atoms with Crippen molar-refractivity contribution < 1.29 is 0 Å². The fourth-order valence-corrected chi connectivity index (χ4v) is 2.66. The first kappa shape index (κ1) is 12.6. The number of nitrogens with one attached hydrogen (secondary N) is 1. The van der Waals surface area contributed by atoms with Crippen LogP contribution in [0.5, 0.6) is 0 Å². The van der Waals surface area contributed by atoms with Crippen LogP contribution >= 0.6 is 0 Å². The minimum absolute atomic E-state index is 0.605. The maximum absolute atomic E-state index is 3.59. The Kier molecular flexibility index (Phi) is 4.19. The molecule has 2 nitrogen and oxygen atoms in total. The molecule has 1 N–H and O–H groups in total. The Morgan fingerprint density at radius 2 is 2.00 bits per heavy atom. The van der Waals surface area contributed by atoms with Gasteiger partial charge >= 0.3 is 0 Å². The summed E-state index contributed by atoms with van der Waals surface area (Å²) in [5.41, 5.74) is 1.42. The summed E-state index contributed by atoms with van der Waals surface area (Å²) in [6.07, 6.45) is 0. The highest BCUT2D eigenvalue weighted by molar-refractivity contribution is 5.14. The molecule has 1 aromatic rings. The molecule has 1 aliphatic heterocycles. The smallest absolute Gasteiger partial charge is 0.0247 e. The lowest BCUT2D eigenvalue weighted by Gasteiger charge is -2.41. The predicted molar refractivity (Wildman–Crippen MR) is 72.9 cm³/mol. The van der Waals surface area contributed by atoms with Gasteiger partial charge in [0.25, 0.3) is 0 Å². The van der Waals surface area contributed by atoms with Gasteiger partial charge in [-0.1, -0.05) is 44.2 Å². The first-order chi connectivity index (χ1) is 8.16. The zero-order valence-corrected chi connectivity index (χ0v) is 11.2. The van der Waals surface area contributed by atoms with Crippen molar-refractivity contribution in [2.24, 2.45) is 5.92 Å². The fourth-order valence-electron chi connectivity index (χ4n) is 2.66. The van der Waals surface area contributed by atoms with E-state index >= 15 is 0 Å². The van der Waals surface area contributed by atoms with Gasteiger partial charge in [-0.05, 0) is 18.4 Å². The highest BCUT2D eigenvalue weighted by atomic mass is 15.2. The van der Waals surface area contributed by atoms with Gasteiger partial charge in [-0.25, -0.2) is 0 Å². The maximum Gasteiger partial charge on any atom is 0.0247 e. The van der Waals surface area contributed by atoms with Crippen LogP contribution < -0.4 is 5.32 Å². The molecular weight excluding hydrogens is 208 g/mol. The SMILES string of the molecule is CC(C)[C@H]1CN[C@@H](C)CN1Cc1ccccc1. The van der Waals surface area contributed by atoms with Crippen molar-refractivity contribution in [3.63, 3.8) is 0 Å². The molecule has 1 heterocycles. The summed E-state index contributed by atoms with van der Waals surface area (Å²) in [5, 5.41) is 3.59. The number of hydrogen-bond donors (Lipinski definition) is 1. The molecule has 17 heavy (non-hydrogen) atoms. The molecule has 1 aromatic carbocycles. The lowest BCUT2D eigenvalue weighted by molar-refractivity contribution is 0.0956. The lowest BCUT2D eigenvalue weighted by atomic mass is 9.98. The molecule has 94 valence electrons. The maximum atomic E-state index is 3.59. The predicted octanol–water partition coefficient (Wildman–Crippen LogP) is 2.50. The van der Waals surface area contributed by atoms with Gasteiger partial charge in [0, 0.05) is 31.7 Å². The molecule has 0 unspecified atom stereocenters. The van der Waals surface area contributed by atoms with Gasteiger partial charge in [-0.15, -0.1) is 0 Å². The van der Waals surface area contributed by atoms with Gasteiger partial charge < -0.3 is 5.32 Å². The van der Waals surface area contributed by atoms with E-state index in [9.17, 15) is 0 Å². The van der Waals surface area contributed by atoms with Crippen molar-refractivity contribution in [1.82, 2.24) is 10.2 Å². The Hall–Kier alpha value is -0.860. The Balaban J connectivity index is 2.05. The third-order valence-corrected chi connectivity index (χ3v) is 3.65. The van der Waals surface area contributed by atoms with Crippen molar-refractivity contribution in [2.75, 3.05) is 13.1 Å². The Morgan fingerprint density at radius 1 is 1.29 bits per heavy atom. The molecule has 0 saturated carbocycles. The second kappa shape index (κ2) is 5.65. The van der Waals surface area contributed by atoms with Gasteiger partial charge in [-0.2, -0.15) is 0 Å². The average Bonchev–Trinajstić information content (AvgIpc) is 2.30. The van der Waals surface area contributed by atoms with E-state index in [1.54, 1.807) is 0 Å². The molecule has 0 radical (unpaired) electrons. The Bertz CT molecular complexity index is 334. The second-order valence-electron chi connectivity index (χ2n) is 5.54. The van der Waals surface area contributed by atoms with Crippen LogP contribution in [-0.2, 0) is 6.54 Å². The van der Waals surface area contributed by atoms with Crippen LogP contribution in [0.3, 0.4) is 0 Å². The van der Waals surface area contributed by atoms with E-state index in [0.717, 1.165) is 19.6 Å². The number of piperazine rings is 1. The molecule has 1 fully saturated rings. The van der Waals surface area contributed by atoms with Crippen molar-refractivity contribution in [3.8, 4) is 0 Å². The van der Waals surface area contributed by atoms with Crippen LogP contribution in [0.4, 0.5) is 0 Å². The monoisotopic (exact) mass is 232 g/mol. The molecule has 0 bridgehead atoms. The van der Waals surface area contributed by atoms with Gasteiger partial charge in [-0.3, -0.25) is 4.90 Å². The number of hydrogen-bond acceptors (Lipinski definition) is 2. The molecular formula is C15H24N2. The van der Waals surface area contributed by atoms with E-state index < -0.39 is 0 Å². The van der Waals surface area contributed by atoms with Crippen molar-refractivity contribution in [1.29, 1.82) is 0 Å². The largest absolute Gasteiger partial charge is 0.311 e. The summed E-state index contributed by atoms with van der Waals surface area (Å²) in [6, 6.07) is 12.1. The quantitative estimate of drug-likeness (QED) is 0.861. The molecule has 1 saturated heterocycles. The van der Waals surface area contributed by atoms with Crippen LogP contribution in [0.25, 0.3) is 0 Å². The molecule has 1 aliphatic rings. The van der Waals surface area contributed by atoms with Gasteiger partial charge in [0.2, 0.25) is 0 Å². The van der Waals surface area contributed by atoms with Gasteiger partial charge in [0.05, 0.1) is 0 Å². The zero-order chi connectivity index (χ0) is 12.3. The van der Waals surface area contributed by atoms with Crippen LogP contribution in [-0.4, -0.2) is 30.1 Å². The molecule has 0 aliphatic carbocycles. The molecule has 0 amide bonds. The molecule has 0 spiro atoms. The van der Waals surface area contributed by atoms with Crippen LogP contribution in [0.1, 0.15) is 26.3 Å². The number of benzene rings is 1. The first-order valence-corrected chi connectivity index (χ1v) is 6.68. The summed E-state index contributed by atoms with van der Waals surface area (Å²) in [6.45, 7) is 10.3. The minimum atomic E-state index is 0.605. The first-order valence-electron chi connectivity index (χ1n) is 6.68. The van der Waals surface area contributed by atoms with Crippen molar-refractivity contribution >= 4 is 0 Å². The van der Waals surface area contributed by atoms with Crippen LogP contribution in [0.15, 0.2) is 30.3 Å². The molecule has 2 atom stereocenters. The third kappa shape index (κ3) is 3.30.